The third-order valence-corrected chi connectivity index (χ3v) is 5.60. The summed E-state index contributed by atoms with van der Waals surface area (Å²) in [6.45, 7) is 7.26. The van der Waals surface area contributed by atoms with Crippen LogP contribution in [0.3, 0.4) is 0 Å². The highest BCUT2D eigenvalue weighted by Crippen LogP contribution is 2.22. The Morgan fingerprint density at radius 2 is 2.10 bits per heavy atom. The minimum absolute atomic E-state index is 0.0896. The molecule has 0 radical (unpaired) electrons. The zero-order valence-electron chi connectivity index (χ0n) is 11.7. The Morgan fingerprint density at radius 1 is 1.45 bits per heavy atom. The Morgan fingerprint density at radius 3 is 2.65 bits per heavy atom. The highest BCUT2D eigenvalue weighted by molar-refractivity contribution is 7.91. The lowest BCUT2D eigenvalue weighted by atomic mass is 10.2. The van der Waals surface area contributed by atoms with Gasteiger partial charge < -0.3 is 10.2 Å². The summed E-state index contributed by atoms with van der Waals surface area (Å²) in [4.78, 5) is 8.76. The van der Waals surface area contributed by atoms with Crippen LogP contribution in [0.4, 0.5) is 5.13 Å². The predicted octanol–water partition coefficient (Wildman–Crippen LogP) is -0.162. The number of piperazine rings is 1. The highest BCUT2D eigenvalue weighted by atomic mass is 32.2. The third-order valence-electron chi connectivity index (χ3n) is 3.26. The Hall–Kier alpha value is -0.740. The van der Waals surface area contributed by atoms with Crippen molar-refractivity contribution in [2.45, 2.75) is 17.2 Å². The molecular weight excluding hydrogens is 298 g/mol. The van der Waals surface area contributed by atoms with E-state index in [-0.39, 0.29) is 10.3 Å². The van der Waals surface area contributed by atoms with Gasteiger partial charge in [-0.1, -0.05) is 11.3 Å². The number of sulfonamides is 1. The van der Waals surface area contributed by atoms with E-state index in [0.717, 1.165) is 44.1 Å². The third kappa shape index (κ3) is 4.38. The van der Waals surface area contributed by atoms with Crippen molar-refractivity contribution in [3.63, 3.8) is 0 Å². The monoisotopic (exact) mass is 319 g/mol. The molecule has 0 aromatic carbocycles. The number of hydrogen-bond acceptors (Lipinski definition) is 7. The highest BCUT2D eigenvalue weighted by Gasteiger charge is 2.17. The number of hydrogen-bond donors (Lipinski definition) is 2. The van der Waals surface area contributed by atoms with Gasteiger partial charge in [0, 0.05) is 38.8 Å². The number of primary sulfonamides is 1. The summed E-state index contributed by atoms with van der Waals surface area (Å²) in [7, 11) is -1.52. The number of nitrogens with two attached hydrogens (primary N) is 1. The molecule has 0 amide bonds. The van der Waals surface area contributed by atoms with Gasteiger partial charge in [0.05, 0.1) is 6.20 Å². The minimum Gasteiger partial charge on any atom is -0.358 e. The second-order valence-corrected chi connectivity index (χ2v) is 8.00. The summed E-state index contributed by atoms with van der Waals surface area (Å²) < 4.78 is 22.5. The maximum absolute atomic E-state index is 11.2. The van der Waals surface area contributed by atoms with Crippen LogP contribution in [-0.4, -0.2) is 69.0 Å². The molecule has 0 bridgehead atoms. The van der Waals surface area contributed by atoms with E-state index in [0.29, 0.717) is 5.13 Å². The van der Waals surface area contributed by atoms with Gasteiger partial charge in [0.1, 0.15) is 0 Å². The zero-order valence-corrected chi connectivity index (χ0v) is 13.4. The molecule has 0 aliphatic carbocycles. The quantitative estimate of drug-likeness (QED) is 0.783. The molecule has 9 heteroatoms. The van der Waals surface area contributed by atoms with Crippen LogP contribution in [0.1, 0.15) is 6.92 Å². The van der Waals surface area contributed by atoms with Crippen molar-refractivity contribution in [3.8, 4) is 0 Å². The molecule has 114 valence electrons. The molecular formula is C11H21N5O2S2. The van der Waals surface area contributed by atoms with Crippen LogP contribution < -0.4 is 10.5 Å². The van der Waals surface area contributed by atoms with E-state index in [2.05, 4.69) is 34.1 Å². The molecule has 0 saturated carbocycles. The lowest BCUT2D eigenvalue weighted by Crippen LogP contribution is -2.47. The standard InChI is InChI=1S/C11H21N5O2S2/c1-9(8-16-5-3-15(2)4-6-16)14-11-13-7-10(19-11)20(12,17)18/h7,9H,3-6,8H2,1-2H3,(H,13,14)(H2,12,17,18). The summed E-state index contributed by atoms with van der Waals surface area (Å²) in [5.41, 5.74) is 0. The van der Waals surface area contributed by atoms with Crippen LogP contribution >= 0.6 is 11.3 Å². The molecule has 1 atom stereocenters. The average molecular weight is 319 g/mol. The van der Waals surface area contributed by atoms with Crippen molar-refractivity contribution >= 4 is 26.5 Å². The van der Waals surface area contributed by atoms with Gasteiger partial charge in [-0.15, -0.1) is 0 Å². The minimum atomic E-state index is -3.65. The molecule has 2 heterocycles. The summed E-state index contributed by atoms with van der Waals surface area (Å²) >= 11 is 1.07. The van der Waals surface area contributed by atoms with Crippen LogP contribution in [0.2, 0.25) is 0 Å². The molecule has 7 nitrogen and oxygen atoms in total. The number of rotatable bonds is 5. The number of aromatic nitrogens is 1. The SMILES string of the molecule is CC(CN1CCN(C)CC1)Nc1ncc(S(N)(=O)=O)s1. The fourth-order valence-corrected chi connectivity index (χ4v) is 3.69. The molecule has 2 rings (SSSR count). The first-order chi connectivity index (χ1) is 9.34. The smallest absolute Gasteiger partial charge is 0.249 e. The predicted molar refractivity (Wildman–Crippen MR) is 80.5 cm³/mol. The van der Waals surface area contributed by atoms with Gasteiger partial charge in [0.15, 0.2) is 9.34 Å². The van der Waals surface area contributed by atoms with Crippen molar-refractivity contribution in [1.82, 2.24) is 14.8 Å². The van der Waals surface area contributed by atoms with Gasteiger partial charge in [-0.25, -0.2) is 18.5 Å². The van der Waals surface area contributed by atoms with E-state index >= 15 is 0 Å². The Labute approximate surface area is 123 Å². The second-order valence-electron chi connectivity index (χ2n) is 5.18. The summed E-state index contributed by atoms with van der Waals surface area (Å²) in [5, 5.41) is 8.88. The number of nitrogens with zero attached hydrogens (tertiary/aromatic N) is 3. The summed E-state index contributed by atoms with van der Waals surface area (Å²) in [6.07, 6.45) is 1.30. The molecule has 1 aromatic rings. The van der Waals surface area contributed by atoms with Crippen molar-refractivity contribution in [1.29, 1.82) is 0 Å². The van der Waals surface area contributed by atoms with Crippen molar-refractivity contribution in [2.24, 2.45) is 5.14 Å². The van der Waals surface area contributed by atoms with Gasteiger partial charge in [0.25, 0.3) is 0 Å². The van der Waals surface area contributed by atoms with Crippen molar-refractivity contribution < 1.29 is 8.42 Å². The Kier molecular flexibility index (Phi) is 4.97. The lowest BCUT2D eigenvalue weighted by molar-refractivity contribution is 0.151. The Bertz CT molecular complexity index is 537. The summed E-state index contributed by atoms with van der Waals surface area (Å²) in [5.74, 6) is 0. The second kappa shape index (κ2) is 6.35. The molecule has 1 fully saturated rings. The number of likely N-dealkylation sites (N-methyl/N-ethyl adjacent to an activating group) is 1. The van der Waals surface area contributed by atoms with Crippen LogP contribution in [0.25, 0.3) is 0 Å². The maximum atomic E-state index is 11.2. The van der Waals surface area contributed by atoms with Gasteiger partial charge in [-0.2, -0.15) is 0 Å². The number of anilines is 1. The zero-order chi connectivity index (χ0) is 14.8. The molecule has 1 unspecified atom stereocenters. The van der Waals surface area contributed by atoms with Crippen LogP contribution in [0.5, 0.6) is 0 Å². The van der Waals surface area contributed by atoms with E-state index in [9.17, 15) is 8.42 Å². The average Bonchev–Trinajstić information content (AvgIpc) is 2.80. The van der Waals surface area contributed by atoms with E-state index < -0.39 is 10.0 Å². The first-order valence-electron chi connectivity index (χ1n) is 6.50. The molecule has 1 aliphatic heterocycles. The van der Waals surface area contributed by atoms with Crippen LogP contribution in [0.15, 0.2) is 10.4 Å². The van der Waals surface area contributed by atoms with E-state index in [1.807, 2.05) is 0 Å². The summed E-state index contributed by atoms with van der Waals surface area (Å²) in [6, 6.07) is 0.206. The van der Waals surface area contributed by atoms with Crippen molar-refractivity contribution in [3.05, 3.63) is 6.20 Å². The molecule has 1 aromatic heterocycles. The van der Waals surface area contributed by atoms with Gasteiger partial charge in [0.2, 0.25) is 10.0 Å². The van der Waals surface area contributed by atoms with Crippen molar-refractivity contribution in [2.75, 3.05) is 45.1 Å². The normalized spacial score (nSPS) is 19.9. The number of nitrogens with one attached hydrogen (secondary N) is 1. The maximum Gasteiger partial charge on any atom is 0.249 e. The first kappa shape index (κ1) is 15.6. The van der Waals surface area contributed by atoms with E-state index in [4.69, 9.17) is 5.14 Å². The lowest BCUT2D eigenvalue weighted by Gasteiger charge is -2.34. The van der Waals surface area contributed by atoms with E-state index in [1.165, 1.54) is 6.20 Å². The molecule has 0 spiro atoms. The first-order valence-corrected chi connectivity index (χ1v) is 8.87. The topological polar surface area (TPSA) is 91.6 Å². The largest absolute Gasteiger partial charge is 0.358 e. The fraction of sp³-hybridized carbons (Fsp3) is 0.727. The van der Waals surface area contributed by atoms with Crippen LogP contribution in [0, 0.1) is 0 Å². The molecule has 20 heavy (non-hydrogen) atoms. The molecule has 1 aliphatic rings. The van der Waals surface area contributed by atoms with Gasteiger partial charge in [-0.05, 0) is 14.0 Å². The Balaban J connectivity index is 1.85. The van der Waals surface area contributed by atoms with Crippen LogP contribution in [-0.2, 0) is 10.0 Å². The number of thiazole rings is 1. The molecule has 1 saturated heterocycles. The van der Waals surface area contributed by atoms with Gasteiger partial charge in [-0.3, -0.25) is 4.90 Å². The van der Waals surface area contributed by atoms with E-state index in [1.54, 1.807) is 0 Å². The van der Waals surface area contributed by atoms with Gasteiger partial charge >= 0.3 is 0 Å². The fourth-order valence-electron chi connectivity index (χ4n) is 2.13. The molecule has 3 N–H and O–H groups in total.